The SMILES string of the molecule is Fc1cc(Br)c2c(c1F)C1(CCC2)SCCS1. The second-order valence-corrected chi connectivity index (χ2v) is 8.21. The lowest BCUT2D eigenvalue weighted by Crippen LogP contribution is -2.24. The van der Waals surface area contributed by atoms with Gasteiger partial charge in [0, 0.05) is 21.5 Å². The average Bonchev–Trinajstić information content (AvgIpc) is 2.75. The molecule has 0 unspecified atom stereocenters. The summed E-state index contributed by atoms with van der Waals surface area (Å²) in [5.74, 6) is 0.685. The maximum Gasteiger partial charge on any atom is 0.164 e. The van der Waals surface area contributed by atoms with Crippen molar-refractivity contribution in [3.05, 3.63) is 33.3 Å². The van der Waals surface area contributed by atoms with Crippen LogP contribution in [0.2, 0.25) is 0 Å². The fourth-order valence-electron chi connectivity index (χ4n) is 2.64. The molecule has 92 valence electrons. The Morgan fingerprint density at radius 1 is 1.24 bits per heavy atom. The molecule has 0 atom stereocenters. The van der Waals surface area contributed by atoms with Gasteiger partial charge >= 0.3 is 0 Å². The molecule has 0 nitrogen and oxygen atoms in total. The van der Waals surface area contributed by atoms with Gasteiger partial charge in [0.2, 0.25) is 0 Å². The first-order chi connectivity index (χ1) is 8.14. The Hall–Kier alpha value is 0.260. The molecule has 0 saturated carbocycles. The van der Waals surface area contributed by atoms with Crippen molar-refractivity contribution in [2.24, 2.45) is 0 Å². The molecule has 0 radical (unpaired) electrons. The van der Waals surface area contributed by atoms with Gasteiger partial charge in [0.25, 0.3) is 0 Å². The molecular weight excluding hydrogens is 326 g/mol. The predicted molar refractivity (Wildman–Crippen MR) is 73.6 cm³/mol. The summed E-state index contributed by atoms with van der Waals surface area (Å²) in [6, 6.07) is 1.26. The first-order valence-corrected chi connectivity index (χ1v) is 8.35. The molecule has 1 aromatic rings. The van der Waals surface area contributed by atoms with Gasteiger partial charge in [0.1, 0.15) is 0 Å². The van der Waals surface area contributed by atoms with E-state index in [2.05, 4.69) is 15.9 Å². The molecule has 17 heavy (non-hydrogen) atoms. The largest absolute Gasteiger partial charge is 0.204 e. The van der Waals surface area contributed by atoms with Gasteiger partial charge in [-0.25, -0.2) is 8.78 Å². The van der Waals surface area contributed by atoms with Gasteiger partial charge in [-0.1, -0.05) is 15.9 Å². The fourth-order valence-corrected chi connectivity index (χ4v) is 6.69. The quantitative estimate of drug-likeness (QED) is 0.630. The highest BCUT2D eigenvalue weighted by molar-refractivity contribution is 9.10. The standard InChI is InChI=1S/C12H11BrF2S2/c13-8-6-9(14)11(15)10-7(8)2-1-3-12(10)16-4-5-17-12/h6H,1-5H2. The zero-order valence-electron chi connectivity index (χ0n) is 9.06. The third-order valence-corrected chi connectivity index (χ3v) is 7.58. The summed E-state index contributed by atoms with van der Waals surface area (Å²) in [4.78, 5) is 0. The Kier molecular flexibility index (Phi) is 3.20. The van der Waals surface area contributed by atoms with Crippen LogP contribution in [0.3, 0.4) is 0 Å². The minimum atomic E-state index is -0.731. The molecule has 1 fully saturated rings. The summed E-state index contributed by atoms with van der Waals surface area (Å²) < 4.78 is 28.2. The first-order valence-electron chi connectivity index (χ1n) is 5.59. The van der Waals surface area contributed by atoms with E-state index in [1.807, 2.05) is 0 Å². The highest BCUT2D eigenvalue weighted by Crippen LogP contribution is 2.59. The number of fused-ring (bicyclic) bond motifs is 2. The molecule has 1 aliphatic carbocycles. The van der Waals surface area contributed by atoms with Crippen LogP contribution in [0.1, 0.15) is 24.0 Å². The Morgan fingerprint density at radius 2 is 1.94 bits per heavy atom. The smallest absolute Gasteiger partial charge is 0.164 e. The molecule has 5 heteroatoms. The van der Waals surface area contributed by atoms with Crippen molar-refractivity contribution in [2.45, 2.75) is 23.3 Å². The lowest BCUT2D eigenvalue weighted by molar-refractivity contribution is 0.479. The number of hydrogen-bond acceptors (Lipinski definition) is 2. The molecule has 0 aromatic heterocycles. The van der Waals surface area contributed by atoms with Crippen molar-refractivity contribution in [1.29, 1.82) is 0 Å². The number of benzene rings is 1. The number of thioether (sulfide) groups is 2. The number of rotatable bonds is 0. The topological polar surface area (TPSA) is 0 Å². The molecule has 1 saturated heterocycles. The van der Waals surface area contributed by atoms with Crippen LogP contribution < -0.4 is 0 Å². The lowest BCUT2D eigenvalue weighted by atomic mass is 9.90. The van der Waals surface area contributed by atoms with E-state index in [0.29, 0.717) is 5.56 Å². The van der Waals surface area contributed by atoms with Crippen LogP contribution in [-0.4, -0.2) is 11.5 Å². The van der Waals surface area contributed by atoms with E-state index >= 15 is 0 Å². The minimum Gasteiger partial charge on any atom is -0.204 e. The molecular formula is C12H11BrF2S2. The Morgan fingerprint density at radius 3 is 2.65 bits per heavy atom. The van der Waals surface area contributed by atoms with Crippen molar-refractivity contribution in [3.63, 3.8) is 0 Å². The lowest BCUT2D eigenvalue weighted by Gasteiger charge is -2.35. The van der Waals surface area contributed by atoms with Crippen LogP contribution >= 0.6 is 39.5 Å². The minimum absolute atomic E-state index is 0.234. The summed E-state index contributed by atoms with van der Waals surface area (Å²) >= 11 is 6.92. The summed E-state index contributed by atoms with van der Waals surface area (Å²) in [7, 11) is 0. The van der Waals surface area contributed by atoms with E-state index in [1.54, 1.807) is 23.5 Å². The van der Waals surface area contributed by atoms with Crippen LogP contribution in [0, 0.1) is 11.6 Å². The second kappa shape index (κ2) is 4.42. The number of halogens is 3. The summed E-state index contributed by atoms with van der Waals surface area (Å²) in [5, 5.41) is 0. The van der Waals surface area contributed by atoms with E-state index in [4.69, 9.17) is 0 Å². The van der Waals surface area contributed by atoms with Crippen molar-refractivity contribution in [2.75, 3.05) is 11.5 Å². The first kappa shape index (κ1) is 12.3. The zero-order chi connectivity index (χ0) is 12.0. The highest BCUT2D eigenvalue weighted by Gasteiger charge is 2.44. The van der Waals surface area contributed by atoms with Gasteiger partial charge in [-0.05, 0) is 30.9 Å². The molecule has 0 amide bonds. The molecule has 1 spiro atoms. The van der Waals surface area contributed by atoms with Crippen LogP contribution in [0.15, 0.2) is 10.5 Å². The highest BCUT2D eigenvalue weighted by atomic mass is 79.9. The maximum absolute atomic E-state index is 14.1. The summed E-state index contributed by atoms with van der Waals surface area (Å²) in [6.07, 6.45) is 2.84. The van der Waals surface area contributed by atoms with Gasteiger partial charge in [0.05, 0.1) is 4.08 Å². The maximum atomic E-state index is 14.1. The summed E-state index contributed by atoms with van der Waals surface area (Å²) in [6.45, 7) is 0. The zero-order valence-corrected chi connectivity index (χ0v) is 12.3. The van der Waals surface area contributed by atoms with Crippen molar-refractivity contribution < 1.29 is 8.78 Å². The third kappa shape index (κ3) is 1.85. The van der Waals surface area contributed by atoms with Crippen LogP contribution in [0.25, 0.3) is 0 Å². The van der Waals surface area contributed by atoms with E-state index < -0.39 is 11.6 Å². The van der Waals surface area contributed by atoms with Crippen molar-refractivity contribution >= 4 is 39.5 Å². The third-order valence-electron chi connectivity index (χ3n) is 3.34. The van der Waals surface area contributed by atoms with Crippen molar-refractivity contribution in [3.8, 4) is 0 Å². The van der Waals surface area contributed by atoms with Gasteiger partial charge in [0.15, 0.2) is 11.6 Å². The molecule has 3 rings (SSSR count). The summed E-state index contributed by atoms with van der Waals surface area (Å²) in [5.41, 5.74) is 1.58. The van der Waals surface area contributed by atoms with Gasteiger partial charge < -0.3 is 0 Å². The second-order valence-electron chi connectivity index (χ2n) is 4.31. The predicted octanol–water partition coefficient (Wildman–Crippen LogP) is 4.70. The van der Waals surface area contributed by atoms with Crippen LogP contribution in [0.5, 0.6) is 0 Å². The Balaban J connectivity index is 2.25. The monoisotopic (exact) mass is 336 g/mol. The molecule has 1 heterocycles. The Labute approximate surface area is 116 Å². The van der Waals surface area contributed by atoms with Gasteiger partial charge in [-0.2, -0.15) is 0 Å². The average molecular weight is 337 g/mol. The molecule has 1 aromatic carbocycles. The van der Waals surface area contributed by atoms with E-state index in [0.717, 1.165) is 40.8 Å². The van der Waals surface area contributed by atoms with Crippen LogP contribution in [0.4, 0.5) is 8.78 Å². The molecule has 0 N–H and O–H groups in total. The molecule has 2 aliphatic rings. The molecule has 0 bridgehead atoms. The van der Waals surface area contributed by atoms with E-state index in [9.17, 15) is 8.78 Å². The van der Waals surface area contributed by atoms with Crippen LogP contribution in [-0.2, 0) is 10.5 Å². The van der Waals surface area contributed by atoms with Gasteiger partial charge in [-0.3, -0.25) is 0 Å². The van der Waals surface area contributed by atoms with Crippen molar-refractivity contribution in [1.82, 2.24) is 0 Å². The normalized spacial score (nSPS) is 21.8. The van der Waals surface area contributed by atoms with Gasteiger partial charge in [-0.15, -0.1) is 23.5 Å². The van der Waals surface area contributed by atoms with E-state index in [1.165, 1.54) is 6.07 Å². The van der Waals surface area contributed by atoms with E-state index in [-0.39, 0.29) is 4.08 Å². The molecule has 1 aliphatic heterocycles. The Bertz CT molecular complexity index is 470. The number of hydrogen-bond donors (Lipinski definition) is 0. The fraction of sp³-hybridized carbons (Fsp3) is 0.500.